The number of halogens is 3. The summed E-state index contributed by atoms with van der Waals surface area (Å²) in [7, 11) is 0. The zero-order chi connectivity index (χ0) is 12.5. The number of ether oxygens (including phenoxy) is 1. The summed E-state index contributed by atoms with van der Waals surface area (Å²) in [5.74, 6) is -0.590. The summed E-state index contributed by atoms with van der Waals surface area (Å²) < 4.78 is 3.23. The normalized spacial score (nSPS) is 18.2. The lowest BCUT2D eigenvalue weighted by Gasteiger charge is -2.10. The minimum absolute atomic E-state index is 0.229. The number of allylic oxidation sites excluding steroid dienone is 5. The largest absolute Gasteiger partial charge is 0.456 e. The molecule has 0 saturated carbocycles. The van der Waals surface area contributed by atoms with Crippen LogP contribution in [0.25, 0.3) is 0 Å². The molecule has 0 fully saturated rings. The fourth-order valence-electron chi connectivity index (χ4n) is 1.45. The van der Waals surface area contributed by atoms with E-state index in [1.807, 2.05) is 18.2 Å². The lowest BCUT2D eigenvalue weighted by atomic mass is 10.1. The van der Waals surface area contributed by atoms with E-state index in [1.54, 1.807) is 6.08 Å². The SMILES string of the molecule is O=C(OCC(Cl)(Cl)Cl)C1=CC2=CCC=CC2=N1. The molecule has 0 saturated heterocycles. The Morgan fingerprint density at radius 1 is 1.47 bits per heavy atom. The molecule has 3 nitrogen and oxygen atoms in total. The maximum atomic E-state index is 11.6. The number of esters is 1. The van der Waals surface area contributed by atoms with Crippen LogP contribution in [0.15, 0.2) is 40.6 Å². The van der Waals surface area contributed by atoms with Gasteiger partial charge in [0.15, 0.2) is 0 Å². The van der Waals surface area contributed by atoms with Gasteiger partial charge in [0.05, 0.1) is 5.71 Å². The second-order valence-electron chi connectivity index (χ2n) is 3.52. The summed E-state index contributed by atoms with van der Waals surface area (Å²) in [4.78, 5) is 15.7. The number of fused-ring (bicyclic) bond motifs is 1. The highest BCUT2D eigenvalue weighted by molar-refractivity contribution is 6.67. The smallest absolute Gasteiger partial charge is 0.357 e. The molecule has 0 radical (unpaired) electrons. The van der Waals surface area contributed by atoms with Crippen LogP contribution in [0.1, 0.15) is 6.42 Å². The van der Waals surface area contributed by atoms with Gasteiger partial charge in [0.1, 0.15) is 12.3 Å². The van der Waals surface area contributed by atoms with E-state index in [9.17, 15) is 4.79 Å². The Balaban J connectivity index is 2.03. The highest BCUT2D eigenvalue weighted by Gasteiger charge is 2.25. The molecule has 0 bridgehead atoms. The molecule has 0 aromatic carbocycles. The number of carbonyl (C=O) groups excluding carboxylic acids is 1. The molecule has 0 spiro atoms. The van der Waals surface area contributed by atoms with Crippen LogP contribution in [-0.4, -0.2) is 22.1 Å². The van der Waals surface area contributed by atoms with Crippen molar-refractivity contribution in [3.63, 3.8) is 0 Å². The zero-order valence-corrected chi connectivity index (χ0v) is 10.9. The van der Waals surface area contributed by atoms with Crippen molar-refractivity contribution >= 4 is 46.5 Å². The number of rotatable bonds is 2. The quantitative estimate of drug-likeness (QED) is 0.579. The molecular weight excluding hydrogens is 284 g/mol. The lowest BCUT2D eigenvalue weighted by molar-refractivity contribution is -0.138. The van der Waals surface area contributed by atoms with E-state index in [0.29, 0.717) is 0 Å². The molecule has 0 aromatic heterocycles. The van der Waals surface area contributed by atoms with E-state index in [0.717, 1.165) is 17.7 Å². The van der Waals surface area contributed by atoms with Crippen molar-refractivity contribution < 1.29 is 9.53 Å². The molecule has 0 atom stereocenters. The Labute approximate surface area is 113 Å². The summed E-state index contributed by atoms with van der Waals surface area (Å²) in [5.41, 5.74) is 1.91. The van der Waals surface area contributed by atoms with Crippen LogP contribution >= 0.6 is 34.8 Å². The maximum absolute atomic E-state index is 11.6. The van der Waals surface area contributed by atoms with Crippen LogP contribution in [0.4, 0.5) is 0 Å². The predicted octanol–water partition coefficient (Wildman–Crippen LogP) is 3.12. The minimum atomic E-state index is -1.60. The maximum Gasteiger partial charge on any atom is 0.357 e. The van der Waals surface area contributed by atoms with Crippen LogP contribution in [-0.2, 0) is 9.53 Å². The number of hydrogen-bond donors (Lipinski definition) is 0. The van der Waals surface area contributed by atoms with Gasteiger partial charge in [0, 0.05) is 0 Å². The molecular formula is C11H8Cl3NO2. The van der Waals surface area contributed by atoms with Gasteiger partial charge in [-0.1, -0.05) is 47.0 Å². The second kappa shape index (κ2) is 4.84. The monoisotopic (exact) mass is 291 g/mol. The molecule has 6 heteroatoms. The third-order valence-corrected chi connectivity index (χ3v) is 2.48. The summed E-state index contributed by atoms with van der Waals surface area (Å²) in [6.07, 6.45) is 8.31. The van der Waals surface area contributed by atoms with Gasteiger partial charge in [-0.15, -0.1) is 0 Å². The number of alkyl halides is 3. The van der Waals surface area contributed by atoms with E-state index >= 15 is 0 Å². The third-order valence-electron chi connectivity index (χ3n) is 2.15. The Morgan fingerprint density at radius 2 is 2.24 bits per heavy atom. The molecule has 1 aliphatic carbocycles. The molecule has 90 valence electrons. The van der Waals surface area contributed by atoms with Crippen molar-refractivity contribution in [2.24, 2.45) is 4.99 Å². The molecule has 0 N–H and O–H groups in total. The van der Waals surface area contributed by atoms with Gasteiger partial charge in [-0.3, -0.25) is 0 Å². The zero-order valence-electron chi connectivity index (χ0n) is 8.62. The van der Waals surface area contributed by atoms with Gasteiger partial charge in [0.25, 0.3) is 0 Å². The molecule has 0 amide bonds. The van der Waals surface area contributed by atoms with E-state index in [2.05, 4.69) is 4.99 Å². The number of nitrogens with zero attached hydrogens (tertiary/aromatic N) is 1. The van der Waals surface area contributed by atoms with Crippen LogP contribution < -0.4 is 0 Å². The van der Waals surface area contributed by atoms with Crippen molar-refractivity contribution in [3.8, 4) is 0 Å². The van der Waals surface area contributed by atoms with Crippen molar-refractivity contribution in [1.82, 2.24) is 0 Å². The molecule has 17 heavy (non-hydrogen) atoms. The first-order chi connectivity index (χ1) is 7.96. The molecule has 1 heterocycles. The number of hydrogen-bond acceptors (Lipinski definition) is 3. The van der Waals surface area contributed by atoms with Crippen molar-refractivity contribution in [1.29, 1.82) is 0 Å². The fourth-order valence-corrected chi connectivity index (χ4v) is 1.61. The van der Waals surface area contributed by atoms with E-state index in [1.165, 1.54) is 0 Å². The molecule has 1 aliphatic heterocycles. The van der Waals surface area contributed by atoms with E-state index in [4.69, 9.17) is 39.5 Å². The van der Waals surface area contributed by atoms with Crippen LogP contribution in [0.3, 0.4) is 0 Å². The Bertz CT molecular complexity index is 470. The van der Waals surface area contributed by atoms with Gasteiger partial charge in [-0.2, -0.15) is 0 Å². The topological polar surface area (TPSA) is 38.7 Å². The van der Waals surface area contributed by atoms with Crippen LogP contribution in [0.5, 0.6) is 0 Å². The summed E-state index contributed by atoms with van der Waals surface area (Å²) in [6.45, 7) is -0.298. The minimum Gasteiger partial charge on any atom is -0.456 e. The summed E-state index contributed by atoms with van der Waals surface area (Å²) in [6, 6.07) is 0. The molecule has 2 aliphatic rings. The Morgan fingerprint density at radius 3 is 2.88 bits per heavy atom. The summed E-state index contributed by atoms with van der Waals surface area (Å²) >= 11 is 16.4. The first-order valence-corrected chi connectivity index (χ1v) is 6.00. The van der Waals surface area contributed by atoms with Crippen molar-refractivity contribution in [2.45, 2.75) is 10.2 Å². The predicted molar refractivity (Wildman–Crippen MR) is 68.6 cm³/mol. The van der Waals surface area contributed by atoms with Crippen LogP contribution in [0, 0.1) is 0 Å². The average Bonchev–Trinajstić information content (AvgIpc) is 2.68. The van der Waals surface area contributed by atoms with Crippen LogP contribution in [0.2, 0.25) is 0 Å². The Kier molecular flexibility index (Phi) is 3.61. The van der Waals surface area contributed by atoms with E-state index in [-0.39, 0.29) is 12.3 Å². The lowest BCUT2D eigenvalue weighted by Crippen LogP contribution is -2.17. The van der Waals surface area contributed by atoms with Gasteiger partial charge in [-0.05, 0) is 24.1 Å². The van der Waals surface area contributed by atoms with Crippen molar-refractivity contribution in [2.75, 3.05) is 6.61 Å². The van der Waals surface area contributed by atoms with Gasteiger partial charge < -0.3 is 4.74 Å². The van der Waals surface area contributed by atoms with Gasteiger partial charge >= 0.3 is 5.97 Å². The summed E-state index contributed by atoms with van der Waals surface area (Å²) in [5, 5.41) is 0. The Hall–Kier alpha value is -0.770. The number of aliphatic imine (C=N–C) groups is 1. The average molecular weight is 293 g/mol. The highest BCUT2D eigenvalue weighted by Crippen LogP contribution is 2.27. The van der Waals surface area contributed by atoms with E-state index < -0.39 is 9.76 Å². The first kappa shape index (κ1) is 12.7. The first-order valence-electron chi connectivity index (χ1n) is 4.87. The number of carbonyl (C=O) groups is 1. The second-order valence-corrected chi connectivity index (χ2v) is 6.03. The molecule has 0 unspecified atom stereocenters. The van der Waals surface area contributed by atoms with Crippen molar-refractivity contribution in [3.05, 3.63) is 35.6 Å². The molecule has 0 aromatic rings. The van der Waals surface area contributed by atoms with Gasteiger partial charge in [-0.25, -0.2) is 9.79 Å². The van der Waals surface area contributed by atoms with Gasteiger partial charge in [0.2, 0.25) is 3.79 Å². The standard InChI is InChI=1S/C11H8Cl3NO2/c12-11(13,14)6-17-10(16)9-5-7-3-1-2-4-8(7)15-9/h2-5H,1,6H2. The highest BCUT2D eigenvalue weighted by atomic mass is 35.6. The fraction of sp³-hybridized carbons (Fsp3) is 0.273. The molecule has 2 rings (SSSR count). The third kappa shape index (κ3) is 3.35.